The van der Waals surface area contributed by atoms with Gasteiger partial charge in [0.05, 0.1) is 23.6 Å². The molecule has 0 radical (unpaired) electrons. The summed E-state index contributed by atoms with van der Waals surface area (Å²) in [7, 11) is 1.28. The molecule has 3 heterocycles. The Balaban J connectivity index is 1.78. The molecular formula is C24H26ClFN4O4S2. The highest BCUT2D eigenvalue weighted by atomic mass is 35.5. The highest BCUT2D eigenvalue weighted by Crippen LogP contribution is 2.38. The van der Waals surface area contributed by atoms with Crippen molar-refractivity contribution in [2.24, 2.45) is 10.9 Å². The molecular weight excluding hydrogens is 527 g/mol. The minimum atomic E-state index is -0.911. The molecule has 8 nitrogen and oxygen atoms in total. The van der Waals surface area contributed by atoms with Gasteiger partial charge in [-0.25, -0.2) is 14.2 Å². The van der Waals surface area contributed by atoms with Crippen molar-refractivity contribution >= 4 is 52.5 Å². The van der Waals surface area contributed by atoms with Crippen LogP contribution in [-0.2, 0) is 14.3 Å². The lowest BCUT2D eigenvalue weighted by Gasteiger charge is -2.38. The number of ether oxygens (including phenoxy) is 1. The maximum atomic E-state index is 14.4. The SMILES string of the molecule is COC(=O)C1=C(CN2CCSC[C@H]2CC(C)C(=O)O)NC(c2nccs2)=N[C@H]1c1cccc(F)c1Cl. The first kappa shape index (κ1) is 26.6. The predicted octanol–water partition coefficient (Wildman–Crippen LogP) is 3.98. The van der Waals surface area contributed by atoms with Crippen LogP contribution in [0.1, 0.15) is 30.0 Å². The number of rotatable bonds is 8. The van der Waals surface area contributed by atoms with Gasteiger partial charge in [0.25, 0.3) is 0 Å². The summed E-state index contributed by atoms with van der Waals surface area (Å²) in [6.07, 6.45) is 2.13. The van der Waals surface area contributed by atoms with Gasteiger partial charge >= 0.3 is 11.9 Å². The first-order valence-electron chi connectivity index (χ1n) is 11.3. The Kier molecular flexibility index (Phi) is 8.66. The number of carboxylic acid groups (broad SMARTS) is 1. The van der Waals surface area contributed by atoms with Crippen molar-refractivity contribution in [2.45, 2.75) is 25.4 Å². The number of carbonyl (C=O) groups is 2. The van der Waals surface area contributed by atoms with Crippen molar-refractivity contribution in [1.82, 2.24) is 15.2 Å². The lowest BCUT2D eigenvalue weighted by molar-refractivity contribution is -0.141. The van der Waals surface area contributed by atoms with Crippen molar-refractivity contribution < 1.29 is 23.8 Å². The smallest absolute Gasteiger partial charge is 0.338 e. The fraction of sp³-hybridized carbons (Fsp3) is 0.417. The molecule has 0 saturated carbocycles. The topological polar surface area (TPSA) is 104 Å². The maximum absolute atomic E-state index is 14.4. The number of nitrogens with zero attached hydrogens (tertiary/aromatic N) is 3. The Morgan fingerprint density at radius 2 is 2.22 bits per heavy atom. The molecule has 1 fully saturated rings. The van der Waals surface area contributed by atoms with Crippen molar-refractivity contribution in [3.8, 4) is 0 Å². The van der Waals surface area contributed by atoms with Gasteiger partial charge in [-0.3, -0.25) is 14.7 Å². The normalized spacial score (nSPS) is 21.5. The largest absolute Gasteiger partial charge is 0.481 e. The van der Waals surface area contributed by atoms with Crippen molar-refractivity contribution in [3.63, 3.8) is 0 Å². The van der Waals surface area contributed by atoms with E-state index in [0.29, 0.717) is 35.1 Å². The Bertz CT molecular complexity index is 1190. The second-order valence-electron chi connectivity index (χ2n) is 8.54. The number of aliphatic imine (C=N–C) groups is 1. The highest BCUT2D eigenvalue weighted by Gasteiger charge is 2.36. The fourth-order valence-corrected chi connectivity index (χ4v) is 6.27. The molecule has 0 bridgehead atoms. The lowest BCUT2D eigenvalue weighted by atomic mass is 9.94. The van der Waals surface area contributed by atoms with Gasteiger partial charge in [-0.1, -0.05) is 30.7 Å². The molecule has 4 rings (SSSR count). The standard InChI is InChI=1S/C24H26ClFN4O4S2/c1-13(23(31)32)10-14-12-35-9-7-30(14)11-17-18(24(33)34-2)20(15-4-3-5-16(26)19(15)25)29-21(28-17)22-27-6-8-36-22/h3-6,8,13-14,20H,7,9-12H2,1-2H3,(H,28,29)(H,31,32)/t13?,14-,20+/m1/s1. The number of nitrogens with one attached hydrogen (secondary N) is 1. The summed E-state index contributed by atoms with van der Waals surface area (Å²) < 4.78 is 19.5. The Morgan fingerprint density at radius 1 is 1.42 bits per heavy atom. The van der Waals surface area contributed by atoms with Gasteiger partial charge in [0.1, 0.15) is 11.9 Å². The second-order valence-corrected chi connectivity index (χ2v) is 11.0. The minimum absolute atomic E-state index is 0.00133. The molecule has 1 unspecified atom stereocenters. The Labute approximate surface area is 221 Å². The van der Waals surface area contributed by atoms with Gasteiger partial charge in [0, 0.05) is 53.5 Å². The molecule has 3 atom stereocenters. The fourth-order valence-electron chi connectivity index (χ4n) is 4.30. The van der Waals surface area contributed by atoms with E-state index in [0.717, 1.165) is 18.1 Å². The second kappa shape index (κ2) is 11.7. The Morgan fingerprint density at radius 3 is 2.92 bits per heavy atom. The molecule has 2 N–H and O–H groups in total. The molecule has 2 aliphatic heterocycles. The number of hydrogen-bond donors (Lipinski definition) is 2. The third-order valence-electron chi connectivity index (χ3n) is 6.20. The van der Waals surface area contributed by atoms with Crippen LogP contribution in [-0.4, -0.2) is 70.5 Å². The summed E-state index contributed by atoms with van der Waals surface area (Å²) >= 11 is 9.50. The number of amidine groups is 1. The van der Waals surface area contributed by atoms with Crippen molar-refractivity contribution in [2.75, 3.05) is 31.7 Å². The maximum Gasteiger partial charge on any atom is 0.338 e. The van der Waals surface area contributed by atoms with E-state index < -0.39 is 29.7 Å². The van der Waals surface area contributed by atoms with Crippen molar-refractivity contribution in [3.05, 3.63) is 62.5 Å². The van der Waals surface area contributed by atoms with Gasteiger partial charge in [-0.15, -0.1) is 11.3 Å². The van der Waals surface area contributed by atoms with E-state index in [-0.39, 0.29) is 16.6 Å². The molecule has 1 aromatic heterocycles. The van der Waals surface area contributed by atoms with Crippen molar-refractivity contribution in [1.29, 1.82) is 0 Å². The molecule has 0 aliphatic carbocycles. The van der Waals surface area contributed by atoms with Crippen LogP contribution in [0.3, 0.4) is 0 Å². The van der Waals surface area contributed by atoms with E-state index >= 15 is 0 Å². The number of carboxylic acids is 1. The predicted molar refractivity (Wildman–Crippen MR) is 139 cm³/mol. The summed E-state index contributed by atoms with van der Waals surface area (Å²) in [5.41, 5.74) is 1.12. The quantitative estimate of drug-likeness (QED) is 0.474. The number of esters is 1. The van der Waals surface area contributed by atoms with Crippen LogP contribution in [0, 0.1) is 11.7 Å². The number of thioether (sulfide) groups is 1. The van der Waals surface area contributed by atoms with E-state index in [1.165, 1.54) is 30.6 Å². The lowest BCUT2D eigenvalue weighted by Crippen LogP contribution is -2.47. The van der Waals surface area contributed by atoms with Crippen LogP contribution in [0.15, 0.2) is 46.0 Å². The summed E-state index contributed by atoms with van der Waals surface area (Å²) in [5.74, 6) is -0.451. The molecule has 0 spiro atoms. The number of aromatic nitrogens is 1. The molecule has 192 valence electrons. The zero-order valence-electron chi connectivity index (χ0n) is 19.7. The molecule has 2 aromatic rings. The van der Waals surface area contributed by atoms with Gasteiger partial charge in [0.15, 0.2) is 10.8 Å². The zero-order chi connectivity index (χ0) is 25.8. The molecule has 12 heteroatoms. The van der Waals surface area contributed by atoms with Crippen LogP contribution < -0.4 is 5.32 Å². The number of aliphatic carboxylic acids is 1. The van der Waals surface area contributed by atoms with E-state index in [1.807, 2.05) is 5.38 Å². The van der Waals surface area contributed by atoms with E-state index in [9.17, 15) is 19.1 Å². The molecule has 2 aliphatic rings. The van der Waals surface area contributed by atoms with Gasteiger partial charge in [0.2, 0.25) is 0 Å². The van der Waals surface area contributed by atoms with Crippen LogP contribution >= 0.6 is 34.7 Å². The number of methoxy groups -OCH3 is 1. The summed E-state index contributed by atoms with van der Waals surface area (Å²) in [6.45, 7) is 2.75. The Hall–Kier alpha value is -2.47. The molecule has 0 amide bonds. The first-order valence-corrected chi connectivity index (χ1v) is 13.8. The molecule has 36 heavy (non-hydrogen) atoms. The number of hydrogen-bond acceptors (Lipinski definition) is 9. The van der Waals surface area contributed by atoms with Crippen LogP contribution in [0.5, 0.6) is 0 Å². The summed E-state index contributed by atoms with van der Waals surface area (Å²) in [5, 5.41) is 15.0. The number of carbonyl (C=O) groups excluding carboxylic acids is 1. The number of benzene rings is 1. The van der Waals surface area contributed by atoms with E-state index in [4.69, 9.17) is 21.3 Å². The van der Waals surface area contributed by atoms with E-state index in [2.05, 4.69) is 15.2 Å². The highest BCUT2D eigenvalue weighted by molar-refractivity contribution is 7.99. The van der Waals surface area contributed by atoms with Crippen LogP contribution in [0.25, 0.3) is 0 Å². The summed E-state index contributed by atoms with van der Waals surface area (Å²) in [6, 6.07) is 3.50. The molecule has 1 saturated heterocycles. The van der Waals surface area contributed by atoms with Gasteiger partial charge in [-0.05, 0) is 12.5 Å². The summed E-state index contributed by atoms with van der Waals surface area (Å²) in [4.78, 5) is 35.9. The molecule has 1 aromatic carbocycles. The third kappa shape index (κ3) is 5.74. The zero-order valence-corrected chi connectivity index (χ0v) is 22.1. The monoisotopic (exact) mass is 552 g/mol. The van der Waals surface area contributed by atoms with Gasteiger partial charge in [-0.2, -0.15) is 11.8 Å². The minimum Gasteiger partial charge on any atom is -0.481 e. The third-order valence-corrected chi connectivity index (χ3v) is 8.47. The van der Waals surface area contributed by atoms with Gasteiger partial charge < -0.3 is 15.2 Å². The average Bonchev–Trinajstić information content (AvgIpc) is 3.41. The number of halogens is 2. The first-order chi connectivity index (χ1) is 17.3. The van der Waals surface area contributed by atoms with Crippen LogP contribution in [0.4, 0.5) is 4.39 Å². The average molecular weight is 553 g/mol. The number of thiazole rings is 1. The van der Waals surface area contributed by atoms with E-state index in [1.54, 1.807) is 30.9 Å². The van der Waals surface area contributed by atoms with Crippen LogP contribution in [0.2, 0.25) is 5.02 Å².